The van der Waals surface area contributed by atoms with Crippen LogP contribution in [0.25, 0.3) is 0 Å². The highest BCUT2D eigenvalue weighted by atomic mass is 32.2. The van der Waals surface area contributed by atoms with Gasteiger partial charge in [0.1, 0.15) is 0 Å². The molecule has 0 aliphatic heterocycles. The van der Waals surface area contributed by atoms with Crippen molar-refractivity contribution in [1.82, 2.24) is 4.98 Å². The van der Waals surface area contributed by atoms with E-state index in [1.165, 1.54) is 12.1 Å². The molecule has 1 aromatic heterocycles. The summed E-state index contributed by atoms with van der Waals surface area (Å²) < 4.78 is 34.9. The molecule has 0 saturated heterocycles. The van der Waals surface area contributed by atoms with E-state index in [1.54, 1.807) is 29.0 Å². The van der Waals surface area contributed by atoms with Crippen LogP contribution in [-0.4, -0.2) is 29.6 Å². The number of sulfone groups is 1. The van der Waals surface area contributed by atoms with Crippen molar-refractivity contribution in [2.75, 3.05) is 12.0 Å². The van der Waals surface area contributed by atoms with Crippen molar-refractivity contribution in [2.24, 2.45) is 0 Å². The van der Waals surface area contributed by atoms with Gasteiger partial charge in [0.05, 0.1) is 26.9 Å². The Hall–Kier alpha value is -1.05. The molecule has 0 saturated carbocycles. The smallest absolute Gasteiger partial charge is 0.175 e. The van der Waals surface area contributed by atoms with E-state index in [-0.39, 0.29) is 4.90 Å². The summed E-state index contributed by atoms with van der Waals surface area (Å²) in [5, 5.41) is 0. The standard InChI is InChI=1S/C13H15NO3S3/c1-10-13(18-9-14-10)7-8-19(15)11-3-5-12(6-4-11)20(2,16)17/h3-6,9H,7-8H2,1-2H3/t19-/m0/s1. The van der Waals surface area contributed by atoms with E-state index in [0.717, 1.165) is 23.2 Å². The molecular formula is C13H15NO3S3. The summed E-state index contributed by atoms with van der Waals surface area (Å²) in [6.07, 6.45) is 1.88. The van der Waals surface area contributed by atoms with Crippen LogP contribution in [-0.2, 0) is 27.1 Å². The highest BCUT2D eigenvalue weighted by Crippen LogP contribution is 2.17. The minimum atomic E-state index is -3.20. The molecule has 2 rings (SSSR count). The lowest BCUT2D eigenvalue weighted by molar-refractivity contribution is 0.601. The van der Waals surface area contributed by atoms with Gasteiger partial charge in [-0.3, -0.25) is 4.21 Å². The Kier molecular flexibility index (Phi) is 4.72. The van der Waals surface area contributed by atoms with Crippen molar-refractivity contribution in [3.63, 3.8) is 0 Å². The van der Waals surface area contributed by atoms with Crippen molar-refractivity contribution in [3.05, 3.63) is 40.3 Å². The number of rotatable bonds is 5. The molecule has 0 N–H and O–H groups in total. The zero-order chi connectivity index (χ0) is 14.8. The first-order valence-corrected chi connectivity index (χ1v) is 10.0. The first kappa shape index (κ1) is 15.3. The molecule has 0 spiro atoms. The normalized spacial score (nSPS) is 13.3. The molecular weight excluding hydrogens is 314 g/mol. The molecule has 0 aliphatic rings. The van der Waals surface area contributed by atoms with E-state index < -0.39 is 20.6 Å². The van der Waals surface area contributed by atoms with E-state index in [2.05, 4.69) is 4.98 Å². The summed E-state index contributed by atoms with van der Waals surface area (Å²) in [5.74, 6) is 0.515. The largest absolute Gasteiger partial charge is 0.254 e. The molecule has 108 valence electrons. The summed E-state index contributed by atoms with van der Waals surface area (Å²) in [5.41, 5.74) is 2.77. The summed E-state index contributed by atoms with van der Waals surface area (Å²) in [4.78, 5) is 6.20. The number of aromatic nitrogens is 1. The SMILES string of the molecule is Cc1ncsc1CC[S@](=O)c1ccc(S(C)(=O)=O)cc1. The zero-order valence-electron chi connectivity index (χ0n) is 11.2. The lowest BCUT2D eigenvalue weighted by atomic mass is 10.3. The Bertz CT molecular complexity index is 718. The van der Waals surface area contributed by atoms with Gasteiger partial charge in [0, 0.05) is 21.8 Å². The maximum atomic E-state index is 12.2. The number of thiazole rings is 1. The van der Waals surface area contributed by atoms with Crippen LogP contribution in [0.4, 0.5) is 0 Å². The number of benzene rings is 1. The minimum Gasteiger partial charge on any atom is -0.254 e. The molecule has 4 nitrogen and oxygen atoms in total. The van der Waals surface area contributed by atoms with Gasteiger partial charge < -0.3 is 0 Å². The van der Waals surface area contributed by atoms with Gasteiger partial charge in [0.15, 0.2) is 9.84 Å². The highest BCUT2D eigenvalue weighted by molar-refractivity contribution is 7.90. The fourth-order valence-electron chi connectivity index (χ4n) is 1.71. The van der Waals surface area contributed by atoms with Crippen LogP contribution in [0.2, 0.25) is 0 Å². The Morgan fingerprint density at radius 3 is 2.40 bits per heavy atom. The second kappa shape index (κ2) is 6.15. The van der Waals surface area contributed by atoms with E-state index in [4.69, 9.17) is 0 Å². The predicted octanol–water partition coefficient (Wildman–Crippen LogP) is 2.21. The predicted molar refractivity (Wildman–Crippen MR) is 81.4 cm³/mol. The Balaban J connectivity index is 2.05. The van der Waals surface area contributed by atoms with E-state index in [9.17, 15) is 12.6 Å². The first-order valence-electron chi connectivity index (χ1n) is 5.95. The third-order valence-corrected chi connectivity index (χ3v) is 6.37. The van der Waals surface area contributed by atoms with Crippen molar-refractivity contribution in [3.8, 4) is 0 Å². The van der Waals surface area contributed by atoms with Crippen LogP contribution in [0.5, 0.6) is 0 Å². The molecule has 2 aromatic rings. The zero-order valence-corrected chi connectivity index (χ0v) is 13.6. The summed E-state index contributed by atoms with van der Waals surface area (Å²) in [6.45, 7) is 1.94. The van der Waals surface area contributed by atoms with Crippen LogP contribution in [0.1, 0.15) is 10.6 Å². The molecule has 0 unspecified atom stereocenters. The molecule has 0 aliphatic carbocycles. The van der Waals surface area contributed by atoms with E-state index >= 15 is 0 Å². The van der Waals surface area contributed by atoms with Crippen LogP contribution in [0.3, 0.4) is 0 Å². The molecule has 1 aromatic carbocycles. The summed E-state index contributed by atoms with van der Waals surface area (Å²) in [6, 6.07) is 6.24. The molecule has 20 heavy (non-hydrogen) atoms. The van der Waals surface area contributed by atoms with E-state index in [0.29, 0.717) is 10.6 Å². The summed E-state index contributed by atoms with van der Waals surface area (Å²) in [7, 11) is -4.33. The quantitative estimate of drug-likeness (QED) is 0.843. The van der Waals surface area contributed by atoms with Gasteiger partial charge in [-0.2, -0.15) is 0 Å². The van der Waals surface area contributed by atoms with Gasteiger partial charge in [-0.25, -0.2) is 13.4 Å². The highest BCUT2D eigenvalue weighted by Gasteiger charge is 2.10. The maximum Gasteiger partial charge on any atom is 0.175 e. The summed E-state index contributed by atoms with van der Waals surface area (Å²) >= 11 is 1.57. The van der Waals surface area contributed by atoms with Gasteiger partial charge >= 0.3 is 0 Å². The topological polar surface area (TPSA) is 64.1 Å². The van der Waals surface area contributed by atoms with Gasteiger partial charge in [0.25, 0.3) is 0 Å². The molecule has 1 heterocycles. The molecule has 1 atom stereocenters. The maximum absolute atomic E-state index is 12.2. The number of hydrogen-bond acceptors (Lipinski definition) is 5. The average Bonchev–Trinajstić information content (AvgIpc) is 2.81. The van der Waals surface area contributed by atoms with Crippen molar-refractivity contribution >= 4 is 32.0 Å². The van der Waals surface area contributed by atoms with Crippen LogP contribution < -0.4 is 0 Å². The Morgan fingerprint density at radius 1 is 1.25 bits per heavy atom. The molecule has 7 heteroatoms. The first-order chi connectivity index (χ1) is 9.38. The second-order valence-corrected chi connectivity index (χ2v) is 8.93. The van der Waals surface area contributed by atoms with Crippen LogP contribution in [0, 0.1) is 6.92 Å². The van der Waals surface area contributed by atoms with Crippen LogP contribution >= 0.6 is 11.3 Å². The molecule has 0 amide bonds. The van der Waals surface area contributed by atoms with E-state index in [1.807, 2.05) is 6.92 Å². The fourth-order valence-corrected chi connectivity index (χ4v) is 4.31. The third kappa shape index (κ3) is 3.74. The van der Waals surface area contributed by atoms with Crippen molar-refractivity contribution in [2.45, 2.75) is 23.1 Å². The van der Waals surface area contributed by atoms with Gasteiger partial charge in [-0.05, 0) is 37.6 Å². The fraction of sp³-hybridized carbons (Fsp3) is 0.308. The lowest BCUT2D eigenvalue weighted by Crippen LogP contribution is -2.03. The second-order valence-electron chi connectivity index (χ2n) is 4.40. The molecule has 0 radical (unpaired) electrons. The number of hydrogen-bond donors (Lipinski definition) is 0. The van der Waals surface area contributed by atoms with Gasteiger partial charge in [-0.1, -0.05) is 0 Å². The number of aryl methyl sites for hydroxylation is 2. The molecule has 0 bridgehead atoms. The Morgan fingerprint density at radius 2 is 1.90 bits per heavy atom. The Labute approximate surface area is 125 Å². The van der Waals surface area contributed by atoms with Gasteiger partial charge in [-0.15, -0.1) is 11.3 Å². The van der Waals surface area contributed by atoms with Crippen LogP contribution in [0.15, 0.2) is 39.6 Å². The van der Waals surface area contributed by atoms with Gasteiger partial charge in [0.2, 0.25) is 0 Å². The minimum absolute atomic E-state index is 0.247. The van der Waals surface area contributed by atoms with Crippen molar-refractivity contribution in [1.29, 1.82) is 0 Å². The molecule has 0 fully saturated rings. The average molecular weight is 329 g/mol. The lowest BCUT2D eigenvalue weighted by Gasteiger charge is -2.03. The third-order valence-electron chi connectivity index (χ3n) is 2.87. The monoisotopic (exact) mass is 329 g/mol. The van der Waals surface area contributed by atoms with Crippen molar-refractivity contribution < 1.29 is 12.6 Å². The number of nitrogens with zero attached hydrogens (tertiary/aromatic N) is 1.